The molecular formula is C26H16ClN5O3. The fraction of sp³-hybridized carbons (Fsp3) is 0.0385. The quantitative estimate of drug-likeness (QED) is 0.345. The van der Waals surface area contributed by atoms with Crippen LogP contribution >= 0.6 is 11.6 Å². The highest BCUT2D eigenvalue weighted by Crippen LogP contribution is 2.31. The summed E-state index contributed by atoms with van der Waals surface area (Å²) in [4.78, 5) is 41.4. The largest absolute Gasteiger partial charge is 0.449 e. The highest BCUT2D eigenvalue weighted by atomic mass is 35.5. The normalized spacial score (nSPS) is 11.4. The lowest BCUT2D eigenvalue weighted by atomic mass is 10.1. The number of fused-ring (bicyclic) bond motifs is 4. The van der Waals surface area contributed by atoms with Crippen molar-refractivity contribution < 1.29 is 9.21 Å². The van der Waals surface area contributed by atoms with Crippen molar-refractivity contribution in [2.45, 2.75) is 6.92 Å². The Balaban J connectivity index is 1.34. The van der Waals surface area contributed by atoms with E-state index in [1.165, 1.54) is 6.20 Å². The lowest BCUT2D eigenvalue weighted by molar-refractivity contribution is 0.102. The number of benzene rings is 3. The molecule has 8 nitrogen and oxygen atoms in total. The van der Waals surface area contributed by atoms with E-state index in [2.05, 4.69) is 25.3 Å². The molecular weight excluding hydrogens is 466 g/mol. The second-order valence-corrected chi connectivity index (χ2v) is 8.49. The number of furan rings is 1. The van der Waals surface area contributed by atoms with Crippen LogP contribution in [0.2, 0.25) is 5.02 Å². The number of aromatic nitrogens is 4. The van der Waals surface area contributed by atoms with Gasteiger partial charge in [-0.1, -0.05) is 35.4 Å². The average Bonchev–Trinajstić information content (AvgIpc) is 3.22. The van der Waals surface area contributed by atoms with Gasteiger partial charge in [0.2, 0.25) is 5.58 Å². The summed E-state index contributed by atoms with van der Waals surface area (Å²) in [5, 5.41) is 3.83. The first-order valence-electron chi connectivity index (χ1n) is 10.7. The topological polar surface area (TPSA) is 114 Å². The lowest BCUT2D eigenvalue weighted by Gasteiger charge is -2.09. The summed E-state index contributed by atoms with van der Waals surface area (Å²) in [6.07, 6.45) is 1.43. The van der Waals surface area contributed by atoms with E-state index in [-0.39, 0.29) is 11.3 Å². The van der Waals surface area contributed by atoms with E-state index in [1.54, 1.807) is 24.3 Å². The number of carbonyl (C=O) groups excluding carboxylic acids is 1. The minimum Gasteiger partial charge on any atom is -0.449 e. The van der Waals surface area contributed by atoms with Gasteiger partial charge in [0.05, 0.1) is 22.3 Å². The molecule has 6 aromatic rings. The van der Waals surface area contributed by atoms with E-state index in [4.69, 9.17) is 16.0 Å². The summed E-state index contributed by atoms with van der Waals surface area (Å²) < 4.78 is 5.69. The van der Waals surface area contributed by atoms with Crippen LogP contribution < -0.4 is 10.9 Å². The predicted molar refractivity (Wildman–Crippen MR) is 135 cm³/mol. The summed E-state index contributed by atoms with van der Waals surface area (Å²) in [5.74, 6) is -0.116. The molecule has 3 heterocycles. The fourth-order valence-electron chi connectivity index (χ4n) is 3.94. The number of nitrogens with zero attached hydrogens (tertiary/aromatic N) is 3. The number of amides is 1. The molecule has 0 saturated heterocycles. The molecule has 9 heteroatoms. The van der Waals surface area contributed by atoms with Crippen LogP contribution in [0.25, 0.3) is 44.5 Å². The molecule has 1 amide bonds. The van der Waals surface area contributed by atoms with Gasteiger partial charge >= 0.3 is 0 Å². The van der Waals surface area contributed by atoms with Crippen molar-refractivity contribution >= 4 is 56.3 Å². The van der Waals surface area contributed by atoms with Crippen LogP contribution in [0.3, 0.4) is 0 Å². The second kappa shape index (κ2) is 8.03. The van der Waals surface area contributed by atoms with Crippen LogP contribution in [0, 0.1) is 6.92 Å². The van der Waals surface area contributed by atoms with E-state index in [0.717, 1.165) is 10.9 Å². The zero-order chi connectivity index (χ0) is 24.1. The first-order chi connectivity index (χ1) is 17.0. The molecule has 0 unspecified atom stereocenters. The number of hydrogen-bond donors (Lipinski definition) is 2. The molecule has 0 atom stereocenters. The zero-order valence-corrected chi connectivity index (χ0v) is 19.1. The molecule has 35 heavy (non-hydrogen) atoms. The molecule has 6 rings (SSSR count). The predicted octanol–water partition coefficient (Wildman–Crippen LogP) is 5.49. The van der Waals surface area contributed by atoms with E-state index in [1.807, 2.05) is 43.3 Å². The third kappa shape index (κ3) is 3.70. The van der Waals surface area contributed by atoms with Crippen LogP contribution in [0.4, 0.5) is 5.69 Å². The number of hydrogen-bond acceptors (Lipinski definition) is 6. The number of halogens is 1. The molecule has 0 aliphatic carbocycles. The van der Waals surface area contributed by atoms with Crippen molar-refractivity contribution in [1.82, 2.24) is 19.9 Å². The molecule has 0 aliphatic rings. The average molecular weight is 482 g/mol. The van der Waals surface area contributed by atoms with Gasteiger partial charge in [-0.2, -0.15) is 0 Å². The number of anilines is 1. The van der Waals surface area contributed by atoms with E-state index >= 15 is 0 Å². The molecule has 0 fully saturated rings. The van der Waals surface area contributed by atoms with Crippen molar-refractivity contribution in [1.29, 1.82) is 0 Å². The van der Waals surface area contributed by atoms with E-state index in [0.29, 0.717) is 44.2 Å². The minimum atomic E-state index is -0.416. The Morgan fingerprint density at radius 2 is 1.86 bits per heavy atom. The van der Waals surface area contributed by atoms with Crippen LogP contribution in [-0.2, 0) is 0 Å². The highest BCUT2D eigenvalue weighted by molar-refractivity contribution is 6.33. The highest BCUT2D eigenvalue weighted by Gasteiger charge is 2.17. The molecule has 0 bridgehead atoms. The van der Waals surface area contributed by atoms with Crippen LogP contribution in [-0.4, -0.2) is 25.8 Å². The van der Waals surface area contributed by atoms with Gasteiger partial charge in [-0.25, -0.2) is 9.97 Å². The van der Waals surface area contributed by atoms with Crippen molar-refractivity contribution in [3.05, 3.63) is 93.5 Å². The Kier molecular flexibility index (Phi) is 4.82. The van der Waals surface area contributed by atoms with Gasteiger partial charge in [-0.05, 0) is 49.4 Å². The summed E-state index contributed by atoms with van der Waals surface area (Å²) in [5.41, 5.74) is 4.32. The summed E-state index contributed by atoms with van der Waals surface area (Å²) in [6, 6.07) is 17.9. The molecule has 0 saturated carbocycles. The lowest BCUT2D eigenvalue weighted by Crippen LogP contribution is -2.14. The number of H-pyrrole nitrogens is 1. The minimum absolute atomic E-state index is 0.158. The maximum absolute atomic E-state index is 12.7. The smallest absolute Gasteiger partial charge is 0.294 e. The van der Waals surface area contributed by atoms with Crippen molar-refractivity contribution in [2.75, 3.05) is 5.32 Å². The summed E-state index contributed by atoms with van der Waals surface area (Å²) in [7, 11) is 0. The molecule has 0 aliphatic heterocycles. The van der Waals surface area contributed by atoms with E-state index in [9.17, 15) is 9.59 Å². The Morgan fingerprint density at radius 3 is 2.69 bits per heavy atom. The Morgan fingerprint density at radius 1 is 1.03 bits per heavy atom. The number of nitrogens with one attached hydrogen (secondary N) is 2. The first kappa shape index (κ1) is 21.0. The maximum atomic E-state index is 12.7. The van der Waals surface area contributed by atoms with Crippen LogP contribution in [0.5, 0.6) is 0 Å². The Labute approximate surface area is 202 Å². The zero-order valence-electron chi connectivity index (χ0n) is 18.3. The fourth-order valence-corrected chi connectivity index (χ4v) is 4.21. The van der Waals surface area contributed by atoms with Gasteiger partial charge in [0, 0.05) is 16.6 Å². The van der Waals surface area contributed by atoms with Gasteiger partial charge in [-0.15, -0.1) is 0 Å². The Hall–Kier alpha value is -4.56. The molecule has 3 aromatic heterocycles. The number of para-hydroxylation sites is 2. The molecule has 3 aromatic carbocycles. The standard InChI is InChI=1S/C26H16ClN5O3/c1-13-6-9-21-16(10-13)22-23(35-21)26(34)32-24(31-22)15-8-7-14(11-17(15)27)29-25(33)20-12-28-18-4-2-3-5-19(18)30-20/h2-12H,1H3,(H,29,33)(H,31,32,34). The van der Waals surface area contributed by atoms with Gasteiger partial charge in [0.1, 0.15) is 22.6 Å². The molecule has 2 N–H and O–H groups in total. The van der Waals surface area contributed by atoms with Gasteiger partial charge in [-0.3, -0.25) is 14.6 Å². The SMILES string of the molecule is Cc1ccc2oc3c(=O)[nH]c(-c4ccc(NC(=O)c5cnc6ccccc6n5)cc4Cl)nc3c2c1. The second-order valence-electron chi connectivity index (χ2n) is 8.09. The van der Waals surface area contributed by atoms with Crippen molar-refractivity contribution in [3.63, 3.8) is 0 Å². The van der Waals surface area contributed by atoms with Crippen LogP contribution in [0.1, 0.15) is 16.1 Å². The molecule has 170 valence electrons. The Bertz CT molecular complexity index is 1860. The number of aryl methyl sites for hydroxylation is 1. The number of rotatable bonds is 3. The first-order valence-corrected chi connectivity index (χ1v) is 11.1. The number of aromatic amines is 1. The maximum Gasteiger partial charge on any atom is 0.294 e. The van der Waals surface area contributed by atoms with Crippen molar-refractivity contribution in [2.24, 2.45) is 0 Å². The number of carbonyl (C=O) groups is 1. The van der Waals surface area contributed by atoms with E-state index < -0.39 is 11.5 Å². The third-order valence-electron chi connectivity index (χ3n) is 5.64. The van der Waals surface area contributed by atoms with Crippen molar-refractivity contribution in [3.8, 4) is 11.4 Å². The van der Waals surface area contributed by atoms with Gasteiger partial charge < -0.3 is 14.7 Å². The van der Waals surface area contributed by atoms with Crippen LogP contribution in [0.15, 0.2) is 76.1 Å². The van der Waals surface area contributed by atoms with Gasteiger partial charge in [0.15, 0.2) is 0 Å². The monoisotopic (exact) mass is 481 g/mol. The summed E-state index contributed by atoms with van der Waals surface area (Å²) >= 11 is 6.53. The molecule has 0 spiro atoms. The summed E-state index contributed by atoms with van der Waals surface area (Å²) in [6.45, 7) is 1.96. The third-order valence-corrected chi connectivity index (χ3v) is 5.96. The molecule has 0 radical (unpaired) electrons. The van der Waals surface area contributed by atoms with Gasteiger partial charge in [0.25, 0.3) is 11.5 Å².